The summed E-state index contributed by atoms with van der Waals surface area (Å²) in [6.45, 7) is 11.6. The fourth-order valence-corrected chi connectivity index (χ4v) is 3.14. The minimum atomic E-state index is 0. The van der Waals surface area contributed by atoms with Crippen molar-refractivity contribution >= 4 is 35.6 Å². The van der Waals surface area contributed by atoms with Gasteiger partial charge in [0.25, 0.3) is 0 Å². The molecular formula is C20H35IN4O3. The quantitative estimate of drug-likeness (QED) is 0.321. The molecule has 2 rings (SSSR count). The number of methoxy groups -OCH3 is 1. The molecule has 0 aliphatic carbocycles. The predicted molar refractivity (Wildman–Crippen MR) is 126 cm³/mol. The van der Waals surface area contributed by atoms with Gasteiger partial charge in [0.1, 0.15) is 0 Å². The Morgan fingerprint density at radius 2 is 2.14 bits per heavy atom. The Hall–Kier alpha value is -1.26. The van der Waals surface area contributed by atoms with Crippen LogP contribution in [0.5, 0.6) is 11.5 Å². The third-order valence-corrected chi connectivity index (χ3v) is 4.29. The zero-order valence-corrected chi connectivity index (χ0v) is 20.0. The van der Waals surface area contributed by atoms with Crippen LogP contribution in [0.1, 0.15) is 20.8 Å². The molecule has 0 bridgehead atoms. The van der Waals surface area contributed by atoms with Crippen molar-refractivity contribution in [3.05, 3.63) is 18.2 Å². The SMILES string of the molecule is CCOc1cc(NC(=NC)NCC2CN(CC(C)C)CCO2)ccc1OC.I. The summed E-state index contributed by atoms with van der Waals surface area (Å²) in [4.78, 5) is 6.77. The van der Waals surface area contributed by atoms with Crippen molar-refractivity contribution < 1.29 is 14.2 Å². The second-order valence-corrected chi connectivity index (χ2v) is 7.02. The van der Waals surface area contributed by atoms with Crippen LogP contribution in [-0.4, -0.2) is 70.5 Å². The van der Waals surface area contributed by atoms with Crippen molar-refractivity contribution in [2.45, 2.75) is 26.9 Å². The van der Waals surface area contributed by atoms with Gasteiger partial charge in [0.2, 0.25) is 0 Å². The van der Waals surface area contributed by atoms with E-state index in [4.69, 9.17) is 14.2 Å². The molecular weight excluding hydrogens is 471 g/mol. The van der Waals surface area contributed by atoms with Gasteiger partial charge in [0, 0.05) is 45.0 Å². The molecule has 0 radical (unpaired) electrons. The number of hydrogen-bond acceptors (Lipinski definition) is 5. The van der Waals surface area contributed by atoms with Crippen molar-refractivity contribution in [1.29, 1.82) is 0 Å². The van der Waals surface area contributed by atoms with Gasteiger partial charge in [0.15, 0.2) is 17.5 Å². The van der Waals surface area contributed by atoms with Crippen LogP contribution < -0.4 is 20.1 Å². The van der Waals surface area contributed by atoms with Gasteiger partial charge in [-0.2, -0.15) is 0 Å². The number of hydrogen-bond donors (Lipinski definition) is 2. The number of nitrogens with zero attached hydrogens (tertiary/aromatic N) is 2. The Kier molecular flexibility index (Phi) is 11.6. The Morgan fingerprint density at radius 3 is 2.79 bits per heavy atom. The average Bonchev–Trinajstić information content (AvgIpc) is 2.65. The van der Waals surface area contributed by atoms with Crippen molar-refractivity contribution in [1.82, 2.24) is 10.2 Å². The smallest absolute Gasteiger partial charge is 0.195 e. The van der Waals surface area contributed by atoms with Gasteiger partial charge < -0.3 is 24.8 Å². The van der Waals surface area contributed by atoms with Crippen molar-refractivity contribution in [3.63, 3.8) is 0 Å². The summed E-state index contributed by atoms with van der Waals surface area (Å²) in [5.41, 5.74) is 0.887. The average molecular weight is 506 g/mol. The lowest BCUT2D eigenvalue weighted by Gasteiger charge is -2.34. The van der Waals surface area contributed by atoms with Gasteiger partial charge in [-0.3, -0.25) is 9.89 Å². The topological polar surface area (TPSA) is 67.4 Å². The molecule has 0 amide bonds. The van der Waals surface area contributed by atoms with E-state index in [0.29, 0.717) is 36.5 Å². The van der Waals surface area contributed by atoms with Gasteiger partial charge >= 0.3 is 0 Å². The highest BCUT2D eigenvalue weighted by Crippen LogP contribution is 2.30. The summed E-state index contributed by atoms with van der Waals surface area (Å²) in [5, 5.41) is 6.65. The van der Waals surface area contributed by atoms with Crippen LogP contribution in [-0.2, 0) is 4.74 Å². The number of aliphatic imine (C=N–C) groups is 1. The molecule has 8 heteroatoms. The molecule has 2 N–H and O–H groups in total. The third-order valence-electron chi connectivity index (χ3n) is 4.29. The molecule has 1 atom stereocenters. The van der Waals surface area contributed by atoms with E-state index in [2.05, 4.69) is 34.4 Å². The Balaban J connectivity index is 0.00000392. The third kappa shape index (κ3) is 8.00. The first-order chi connectivity index (χ1) is 13.0. The van der Waals surface area contributed by atoms with Crippen LogP contribution in [0.4, 0.5) is 5.69 Å². The van der Waals surface area contributed by atoms with E-state index < -0.39 is 0 Å². The van der Waals surface area contributed by atoms with E-state index in [-0.39, 0.29) is 30.1 Å². The van der Waals surface area contributed by atoms with Crippen LogP contribution in [0.15, 0.2) is 23.2 Å². The zero-order valence-electron chi connectivity index (χ0n) is 17.7. The summed E-state index contributed by atoms with van der Waals surface area (Å²) in [6.07, 6.45) is 0.158. The lowest BCUT2D eigenvalue weighted by atomic mass is 10.2. The maximum absolute atomic E-state index is 5.89. The van der Waals surface area contributed by atoms with E-state index in [9.17, 15) is 0 Å². The first kappa shape index (κ1) is 24.8. The summed E-state index contributed by atoms with van der Waals surface area (Å²) in [7, 11) is 3.40. The second kappa shape index (κ2) is 13.1. The summed E-state index contributed by atoms with van der Waals surface area (Å²) >= 11 is 0. The van der Waals surface area contributed by atoms with E-state index in [0.717, 1.165) is 31.9 Å². The molecule has 160 valence electrons. The molecule has 0 saturated carbocycles. The molecule has 0 aromatic heterocycles. The maximum atomic E-state index is 5.89. The minimum Gasteiger partial charge on any atom is -0.493 e. The Labute approximate surface area is 186 Å². The van der Waals surface area contributed by atoms with Crippen molar-refractivity contribution in [3.8, 4) is 11.5 Å². The largest absolute Gasteiger partial charge is 0.493 e. The van der Waals surface area contributed by atoms with Crippen molar-refractivity contribution in [2.75, 3.05) is 58.9 Å². The van der Waals surface area contributed by atoms with E-state index in [1.54, 1.807) is 14.2 Å². The number of guanidine groups is 1. The van der Waals surface area contributed by atoms with Crippen molar-refractivity contribution in [2.24, 2.45) is 10.9 Å². The first-order valence-electron chi connectivity index (χ1n) is 9.68. The standard InChI is InChI=1S/C20H34N4O3.HI/c1-6-26-19-11-16(7-8-18(19)25-5)23-20(21-4)22-12-17-14-24(9-10-27-17)13-15(2)3;/h7-8,11,15,17H,6,9-10,12-14H2,1-5H3,(H2,21,22,23);1H. The molecule has 0 spiro atoms. The van der Waals surface area contributed by atoms with Gasteiger partial charge in [-0.05, 0) is 25.0 Å². The molecule has 1 aromatic rings. The maximum Gasteiger partial charge on any atom is 0.195 e. The van der Waals surface area contributed by atoms with Crippen LogP contribution in [0.25, 0.3) is 0 Å². The van der Waals surface area contributed by atoms with Crippen LogP contribution in [0.2, 0.25) is 0 Å². The van der Waals surface area contributed by atoms with E-state index in [1.807, 2.05) is 25.1 Å². The minimum absolute atomic E-state index is 0. The van der Waals surface area contributed by atoms with Crippen LogP contribution in [0, 0.1) is 5.92 Å². The van der Waals surface area contributed by atoms with Crippen LogP contribution in [0.3, 0.4) is 0 Å². The molecule has 1 aromatic carbocycles. The monoisotopic (exact) mass is 506 g/mol. The number of nitrogens with one attached hydrogen (secondary N) is 2. The van der Waals surface area contributed by atoms with Gasteiger partial charge in [-0.15, -0.1) is 24.0 Å². The Bertz CT molecular complexity index is 613. The summed E-state index contributed by atoms with van der Waals surface area (Å²) < 4.78 is 16.9. The molecule has 1 aliphatic rings. The lowest BCUT2D eigenvalue weighted by molar-refractivity contribution is -0.0283. The first-order valence-corrected chi connectivity index (χ1v) is 9.68. The molecule has 1 saturated heterocycles. The molecule has 1 fully saturated rings. The fraction of sp³-hybridized carbons (Fsp3) is 0.650. The molecule has 1 unspecified atom stereocenters. The van der Waals surface area contributed by atoms with E-state index >= 15 is 0 Å². The zero-order chi connectivity index (χ0) is 19.6. The normalized spacial score (nSPS) is 17.8. The number of anilines is 1. The van der Waals surface area contributed by atoms with Gasteiger partial charge in [-0.25, -0.2) is 0 Å². The highest BCUT2D eigenvalue weighted by atomic mass is 127. The molecule has 7 nitrogen and oxygen atoms in total. The summed E-state index contributed by atoms with van der Waals surface area (Å²) in [5.74, 6) is 2.79. The second-order valence-electron chi connectivity index (χ2n) is 7.02. The van der Waals surface area contributed by atoms with Gasteiger partial charge in [0.05, 0.1) is 26.4 Å². The Morgan fingerprint density at radius 1 is 1.36 bits per heavy atom. The molecule has 1 aliphatic heterocycles. The number of benzene rings is 1. The number of ether oxygens (including phenoxy) is 3. The predicted octanol–water partition coefficient (Wildman–Crippen LogP) is 3.06. The number of morpholine rings is 1. The molecule has 28 heavy (non-hydrogen) atoms. The molecule has 1 heterocycles. The number of rotatable bonds is 8. The highest BCUT2D eigenvalue weighted by Gasteiger charge is 2.21. The highest BCUT2D eigenvalue weighted by molar-refractivity contribution is 14.0. The van der Waals surface area contributed by atoms with Gasteiger partial charge in [-0.1, -0.05) is 13.8 Å². The van der Waals surface area contributed by atoms with Crippen LogP contribution >= 0.6 is 24.0 Å². The fourth-order valence-electron chi connectivity index (χ4n) is 3.14. The summed E-state index contributed by atoms with van der Waals surface area (Å²) in [6, 6.07) is 5.74. The van der Waals surface area contributed by atoms with E-state index in [1.165, 1.54) is 0 Å². The number of halogens is 1. The lowest BCUT2D eigenvalue weighted by Crippen LogP contribution is -2.49.